The van der Waals surface area contributed by atoms with Crippen LogP contribution in [0.3, 0.4) is 0 Å². The average molecular weight is 439 g/mol. The molecule has 0 radical (unpaired) electrons. The van der Waals surface area contributed by atoms with Gasteiger partial charge < -0.3 is 19.1 Å². The van der Waals surface area contributed by atoms with Crippen LogP contribution in [0.4, 0.5) is 5.69 Å². The molecule has 5 rings (SSSR count). The molecule has 1 aromatic heterocycles. The van der Waals surface area contributed by atoms with Crippen molar-refractivity contribution < 1.29 is 14.3 Å². The molecule has 2 amide bonds. The summed E-state index contributed by atoms with van der Waals surface area (Å²) < 4.78 is 7.34. The van der Waals surface area contributed by atoms with Crippen molar-refractivity contribution >= 4 is 40.1 Å². The molecule has 0 N–H and O–H groups in total. The van der Waals surface area contributed by atoms with Gasteiger partial charge in [0.1, 0.15) is 12.4 Å². The Kier molecular flexibility index (Phi) is 5.38. The zero-order valence-electron chi connectivity index (χ0n) is 17.0. The van der Waals surface area contributed by atoms with Crippen LogP contribution >= 0.6 is 11.6 Å². The lowest BCUT2D eigenvalue weighted by Crippen LogP contribution is -2.42. The van der Waals surface area contributed by atoms with Gasteiger partial charge in [0.25, 0.3) is 0 Å². The van der Waals surface area contributed by atoms with Crippen LogP contribution < -0.4 is 4.90 Å². The first kappa shape index (κ1) is 20.0. The van der Waals surface area contributed by atoms with Gasteiger partial charge in [0.15, 0.2) is 0 Å². The fourth-order valence-corrected chi connectivity index (χ4v) is 4.64. The molecule has 1 atom stereocenters. The normalized spacial score (nSPS) is 19.4. The number of ether oxygens (including phenoxy) is 1. The molecule has 0 aliphatic carbocycles. The molecule has 2 saturated heterocycles. The first-order chi connectivity index (χ1) is 15.1. The van der Waals surface area contributed by atoms with E-state index in [2.05, 4.69) is 0 Å². The SMILES string of the molecule is O=C(Cn1c(C2CC(=O)N(c3ccccc3Cl)C2)nc2ccccc21)N1CCOCC1. The van der Waals surface area contributed by atoms with Crippen LogP contribution in [0.25, 0.3) is 11.0 Å². The van der Waals surface area contributed by atoms with Crippen molar-refractivity contribution in [2.45, 2.75) is 18.9 Å². The van der Waals surface area contributed by atoms with Crippen molar-refractivity contribution in [2.75, 3.05) is 37.7 Å². The standard InChI is InChI=1S/C23H23ClN4O3/c24-17-5-1-3-7-19(17)27-14-16(13-21(27)29)23-25-18-6-2-4-8-20(18)28(23)15-22(30)26-9-11-31-12-10-26/h1-8,16H,9-15H2. The summed E-state index contributed by atoms with van der Waals surface area (Å²) in [6, 6.07) is 15.2. The minimum atomic E-state index is -0.117. The summed E-state index contributed by atoms with van der Waals surface area (Å²) in [7, 11) is 0. The minimum absolute atomic E-state index is 0.0104. The summed E-state index contributed by atoms with van der Waals surface area (Å²) in [5.41, 5.74) is 2.45. The van der Waals surface area contributed by atoms with Gasteiger partial charge in [0.05, 0.1) is 35.0 Å². The Morgan fingerprint density at radius 3 is 2.65 bits per heavy atom. The van der Waals surface area contributed by atoms with Gasteiger partial charge in [-0.1, -0.05) is 35.9 Å². The molecule has 160 valence electrons. The van der Waals surface area contributed by atoms with E-state index in [0.717, 1.165) is 16.9 Å². The van der Waals surface area contributed by atoms with Crippen molar-refractivity contribution in [1.29, 1.82) is 0 Å². The third-order valence-electron chi connectivity index (χ3n) is 5.97. The number of nitrogens with zero attached hydrogens (tertiary/aromatic N) is 4. The fourth-order valence-electron chi connectivity index (χ4n) is 4.40. The fraction of sp³-hybridized carbons (Fsp3) is 0.348. The maximum atomic E-state index is 13.0. The van der Waals surface area contributed by atoms with Gasteiger partial charge in [-0.25, -0.2) is 4.98 Å². The highest BCUT2D eigenvalue weighted by Gasteiger charge is 2.36. The van der Waals surface area contributed by atoms with Crippen molar-refractivity contribution in [3.05, 3.63) is 59.4 Å². The van der Waals surface area contributed by atoms with Gasteiger partial charge in [0, 0.05) is 32.0 Å². The van der Waals surface area contributed by atoms with E-state index in [-0.39, 0.29) is 24.3 Å². The van der Waals surface area contributed by atoms with Crippen LogP contribution in [0.2, 0.25) is 5.02 Å². The molecular weight excluding hydrogens is 416 g/mol. The molecule has 3 aromatic rings. The number of hydrogen-bond donors (Lipinski definition) is 0. The molecule has 2 aromatic carbocycles. The predicted octanol–water partition coefficient (Wildman–Crippen LogP) is 3.07. The van der Waals surface area contributed by atoms with Gasteiger partial charge in [-0.2, -0.15) is 0 Å². The smallest absolute Gasteiger partial charge is 0.242 e. The number of carbonyl (C=O) groups is 2. The first-order valence-electron chi connectivity index (χ1n) is 10.5. The molecule has 0 bridgehead atoms. The van der Waals surface area contributed by atoms with Crippen molar-refractivity contribution in [1.82, 2.24) is 14.5 Å². The second-order valence-electron chi connectivity index (χ2n) is 7.89. The summed E-state index contributed by atoms with van der Waals surface area (Å²) >= 11 is 6.34. The second kappa shape index (κ2) is 8.32. The quantitative estimate of drug-likeness (QED) is 0.627. The zero-order chi connectivity index (χ0) is 21.4. The molecule has 3 heterocycles. The Morgan fingerprint density at radius 2 is 1.84 bits per heavy atom. The summed E-state index contributed by atoms with van der Waals surface area (Å²) in [5, 5.41) is 0.549. The number of rotatable bonds is 4. The van der Waals surface area contributed by atoms with Gasteiger partial charge in [-0.15, -0.1) is 0 Å². The Hall–Kier alpha value is -2.90. The number of carbonyl (C=O) groups excluding carboxylic acids is 2. The lowest BCUT2D eigenvalue weighted by Gasteiger charge is -2.27. The Balaban J connectivity index is 1.47. The molecule has 8 heteroatoms. The van der Waals surface area contributed by atoms with E-state index < -0.39 is 0 Å². The third kappa shape index (κ3) is 3.79. The largest absolute Gasteiger partial charge is 0.378 e. The van der Waals surface area contributed by atoms with E-state index in [1.165, 1.54) is 0 Å². The first-order valence-corrected chi connectivity index (χ1v) is 10.8. The van der Waals surface area contributed by atoms with Crippen molar-refractivity contribution in [3.63, 3.8) is 0 Å². The van der Waals surface area contributed by atoms with E-state index >= 15 is 0 Å². The highest BCUT2D eigenvalue weighted by atomic mass is 35.5. The molecule has 1 unspecified atom stereocenters. The van der Waals surface area contributed by atoms with Crippen LogP contribution in [0.1, 0.15) is 18.2 Å². The number of para-hydroxylation sites is 3. The van der Waals surface area contributed by atoms with Crippen LogP contribution in [-0.2, 0) is 20.9 Å². The van der Waals surface area contributed by atoms with Gasteiger partial charge in [0.2, 0.25) is 11.8 Å². The predicted molar refractivity (Wildman–Crippen MR) is 118 cm³/mol. The average Bonchev–Trinajstić information content (AvgIpc) is 3.35. The molecule has 0 saturated carbocycles. The van der Waals surface area contributed by atoms with E-state index in [4.69, 9.17) is 21.3 Å². The summed E-state index contributed by atoms with van der Waals surface area (Å²) in [4.78, 5) is 34.2. The minimum Gasteiger partial charge on any atom is -0.378 e. The van der Waals surface area contributed by atoms with E-state index in [1.807, 2.05) is 51.9 Å². The zero-order valence-corrected chi connectivity index (χ0v) is 17.8. The number of benzene rings is 2. The van der Waals surface area contributed by atoms with E-state index in [1.54, 1.807) is 11.0 Å². The lowest BCUT2D eigenvalue weighted by molar-refractivity contribution is -0.135. The lowest BCUT2D eigenvalue weighted by atomic mass is 10.1. The maximum Gasteiger partial charge on any atom is 0.242 e. The number of amides is 2. The molecular formula is C23H23ClN4O3. The highest BCUT2D eigenvalue weighted by molar-refractivity contribution is 6.33. The van der Waals surface area contributed by atoms with Gasteiger partial charge in [-0.3, -0.25) is 9.59 Å². The third-order valence-corrected chi connectivity index (χ3v) is 6.29. The van der Waals surface area contributed by atoms with Crippen LogP contribution in [-0.4, -0.2) is 59.1 Å². The number of anilines is 1. The van der Waals surface area contributed by atoms with Crippen LogP contribution in [0.15, 0.2) is 48.5 Å². The molecule has 2 aliphatic rings. The maximum absolute atomic E-state index is 13.0. The number of imidazole rings is 1. The Morgan fingerprint density at radius 1 is 1.10 bits per heavy atom. The van der Waals surface area contributed by atoms with E-state index in [0.29, 0.717) is 50.0 Å². The molecule has 2 aliphatic heterocycles. The monoisotopic (exact) mass is 438 g/mol. The number of hydrogen-bond acceptors (Lipinski definition) is 4. The Labute approximate surface area is 185 Å². The number of fused-ring (bicyclic) bond motifs is 1. The summed E-state index contributed by atoms with van der Waals surface area (Å²) in [6.45, 7) is 3.01. The molecule has 2 fully saturated rings. The number of morpholine rings is 1. The molecule has 31 heavy (non-hydrogen) atoms. The van der Waals surface area contributed by atoms with Crippen LogP contribution in [0.5, 0.6) is 0 Å². The Bertz CT molecular complexity index is 1140. The summed E-state index contributed by atoms with van der Waals surface area (Å²) in [6.07, 6.45) is 0.334. The van der Waals surface area contributed by atoms with Gasteiger partial charge >= 0.3 is 0 Å². The number of halogens is 1. The van der Waals surface area contributed by atoms with Crippen LogP contribution in [0, 0.1) is 0 Å². The molecule has 7 nitrogen and oxygen atoms in total. The van der Waals surface area contributed by atoms with Crippen molar-refractivity contribution in [2.24, 2.45) is 0 Å². The van der Waals surface area contributed by atoms with Crippen molar-refractivity contribution in [3.8, 4) is 0 Å². The highest BCUT2D eigenvalue weighted by Crippen LogP contribution is 2.36. The molecule has 0 spiro atoms. The van der Waals surface area contributed by atoms with Gasteiger partial charge in [-0.05, 0) is 24.3 Å². The summed E-state index contributed by atoms with van der Waals surface area (Å²) in [5.74, 6) is 0.704. The van der Waals surface area contributed by atoms with E-state index in [9.17, 15) is 9.59 Å². The number of aromatic nitrogens is 2. The second-order valence-corrected chi connectivity index (χ2v) is 8.30. The topological polar surface area (TPSA) is 67.7 Å².